The summed E-state index contributed by atoms with van der Waals surface area (Å²) in [5.74, 6) is 3.65. The summed E-state index contributed by atoms with van der Waals surface area (Å²) < 4.78 is 19.6. The standard InChI is InChI=1S/C22H21Br4ClO5/c1-2-3-30-10-16(29)12-32-22-19(25)7-14(8-20(22)26)4-13-5-17(23)21(18(24)6-13)31-11-15(28)9-27/h1,5-8,15-16,28-29H,3-4,9-12H2/t15-,16-/m1/s1. The second kappa shape index (κ2) is 14.2. The summed E-state index contributed by atoms with van der Waals surface area (Å²) in [5, 5.41) is 19.5. The summed E-state index contributed by atoms with van der Waals surface area (Å²) in [6, 6.07) is 7.85. The van der Waals surface area contributed by atoms with Crippen molar-refractivity contribution in [1.82, 2.24) is 0 Å². The second-order valence-electron chi connectivity index (χ2n) is 6.76. The Morgan fingerprint density at radius 2 is 1.25 bits per heavy atom. The lowest BCUT2D eigenvalue weighted by atomic mass is 10.0. The molecule has 0 aliphatic rings. The molecule has 0 aromatic heterocycles. The summed E-state index contributed by atoms with van der Waals surface area (Å²) >= 11 is 19.7. The van der Waals surface area contributed by atoms with E-state index in [0.717, 1.165) is 29.0 Å². The zero-order valence-corrected chi connectivity index (χ0v) is 23.9. The normalized spacial score (nSPS) is 12.8. The minimum absolute atomic E-state index is 0.0703. The predicted molar refractivity (Wildman–Crippen MR) is 140 cm³/mol. The Morgan fingerprint density at radius 3 is 1.66 bits per heavy atom. The Labute approximate surface area is 226 Å². The quantitative estimate of drug-likeness (QED) is 0.168. The summed E-state index contributed by atoms with van der Waals surface area (Å²) in [6.07, 6.45) is 4.25. The van der Waals surface area contributed by atoms with Crippen LogP contribution in [0.4, 0.5) is 0 Å². The Balaban J connectivity index is 2.06. The molecule has 2 aromatic carbocycles. The van der Waals surface area contributed by atoms with Gasteiger partial charge in [-0.05, 0) is 106 Å². The van der Waals surface area contributed by atoms with Gasteiger partial charge < -0.3 is 24.4 Å². The molecule has 2 atom stereocenters. The number of aliphatic hydroxyl groups excluding tert-OH is 2. The molecule has 0 saturated carbocycles. The van der Waals surface area contributed by atoms with E-state index in [2.05, 4.69) is 69.6 Å². The second-order valence-corrected chi connectivity index (χ2v) is 10.5. The van der Waals surface area contributed by atoms with E-state index in [9.17, 15) is 10.2 Å². The molecule has 0 aliphatic heterocycles. The molecule has 0 heterocycles. The van der Waals surface area contributed by atoms with Crippen molar-refractivity contribution in [3.63, 3.8) is 0 Å². The molecule has 0 aliphatic carbocycles. The van der Waals surface area contributed by atoms with Crippen LogP contribution in [-0.4, -0.2) is 54.7 Å². The van der Waals surface area contributed by atoms with Gasteiger partial charge in [0.2, 0.25) is 0 Å². The molecule has 0 bridgehead atoms. The van der Waals surface area contributed by atoms with Crippen LogP contribution < -0.4 is 9.47 Å². The van der Waals surface area contributed by atoms with E-state index in [0.29, 0.717) is 17.9 Å². The van der Waals surface area contributed by atoms with E-state index < -0.39 is 12.2 Å². The number of terminal acetylenes is 1. The molecule has 2 aromatic rings. The van der Waals surface area contributed by atoms with Crippen molar-refractivity contribution in [1.29, 1.82) is 0 Å². The van der Waals surface area contributed by atoms with Gasteiger partial charge in [0.1, 0.15) is 43.5 Å². The average molecular weight is 720 g/mol. The maximum atomic E-state index is 9.94. The highest BCUT2D eigenvalue weighted by Gasteiger charge is 2.15. The first kappa shape index (κ1) is 27.9. The third-order valence-corrected chi connectivity index (χ3v) is 6.75. The molecule has 174 valence electrons. The molecule has 0 spiro atoms. The fourth-order valence-corrected chi connectivity index (χ4v) is 5.76. The highest BCUT2D eigenvalue weighted by molar-refractivity contribution is 9.11. The molecule has 0 fully saturated rings. The van der Waals surface area contributed by atoms with Crippen LogP contribution >= 0.6 is 75.3 Å². The van der Waals surface area contributed by atoms with Gasteiger partial charge in [0, 0.05) is 0 Å². The first-order chi connectivity index (χ1) is 15.2. The number of hydrogen-bond donors (Lipinski definition) is 2. The SMILES string of the molecule is C#CCOC[C@@H](O)COc1c(Br)cc(Cc2cc(Br)c(OC[C@H](O)CCl)c(Br)c2)cc1Br. The third-order valence-electron chi connectivity index (χ3n) is 4.04. The number of benzene rings is 2. The summed E-state index contributed by atoms with van der Waals surface area (Å²) in [6.45, 7) is 0.423. The van der Waals surface area contributed by atoms with Crippen molar-refractivity contribution >= 4 is 75.3 Å². The maximum Gasteiger partial charge on any atom is 0.147 e. The molecule has 5 nitrogen and oxygen atoms in total. The number of aliphatic hydroxyl groups is 2. The number of rotatable bonds is 12. The van der Waals surface area contributed by atoms with Crippen LogP contribution in [0.25, 0.3) is 0 Å². The molecule has 0 radical (unpaired) electrons. The maximum absolute atomic E-state index is 9.94. The molecule has 2 N–H and O–H groups in total. The lowest BCUT2D eigenvalue weighted by molar-refractivity contribution is 0.0225. The number of alkyl halides is 1. The van der Waals surface area contributed by atoms with Crippen molar-refractivity contribution in [3.05, 3.63) is 53.3 Å². The van der Waals surface area contributed by atoms with Gasteiger partial charge in [0.05, 0.1) is 30.4 Å². The van der Waals surface area contributed by atoms with Gasteiger partial charge in [0.15, 0.2) is 0 Å². The van der Waals surface area contributed by atoms with Crippen LogP contribution in [0.3, 0.4) is 0 Å². The topological polar surface area (TPSA) is 68.2 Å². The Morgan fingerprint density at radius 1 is 0.812 bits per heavy atom. The van der Waals surface area contributed by atoms with Gasteiger partial charge in [-0.3, -0.25) is 0 Å². The van der Waals surface area contributed by atoms with Crippen molar-refractivity contribution in [3.8, 4) is 23.8 Å². The zero-order chi connectivity index (χ0) is 23.7. The third kappa shape index (κ3) is 8.80. The lowest BCUT2D eigenvalue weighted by Gasteiger charge is -2.16. The largest absolute Gasteiger partial charge is 0.488 e. The van der Waals surface area contributed by atoms with E-state index in [1.807, 2.05) is 24.3 Å². The first-order valence-electron chi connectivity index (χ1n) is 9.39. The van der Waals surface area contributed by atoms with E-state index in [1.54, 1.807) is 0 Å². The molecule has 0 unspecified atom stereocenters. The summed E-state index contributed by atoms with van der Waals surface area (Å²) in [7, 11) is 0. The van der Waals surface area contributed by atoms with Gasteiger partial charge in [-0.25, -0.2) is 0 Å². The average Bonchev–Trinajstić information content (AvgIpc) is 2.72. The Kier molecular flexibility index (Phi) is 12.4. The van der Waals surface area contributed by atoms with Crippen molar-refractivity contribution in [2.45, 2.75) is 18.6 Å². The van der Waals surface area contributed by atoms with Crippen molar-refractivity contribution < 1.29 is 24.4 Å². The molecule has 2 rings (SSSR count). The minimum Gasteiger partial charge on any atom is -0.488 e. The van der Waals surface area contributed by atoms with Gasteiger partial charge in [0.25, 0.3) is 0 Å². The fraction of sp³-hybridized carbons (Fsp3) is 0.364. The lowest BCUT2D eigenvalue weighted by Crippen LogP contribution is -2.23. The van der Waals surface area contributed by atoms with Crippen molar-refractivity contribution in [2.75, 3.05) is 32.3 Å². The highest BCUT2D eigenvalue weighted by Crippen LogP contribution is 2.38. The van der Waals surface area contributed by atoms with Crippen LogP contribution in [0.2, 0.25) is 0 Å². The van der Waals surface area contributed by atoms with Crippen molar-refractivity contribution in [2.24, 2.45) is 0 Å². The number of ether oxygens (including phenoxy) is 3. The minimum atomic E-state index is -0.789. The molecule has 32 heavy (non-hydrogen) atoms. The number of halogens is 5. The van der Waals surface area contributed by atoms with Gasteiger partial charge in [-0.15, -0.1) is 18.0 Å². The van der Waals surface area contributed by atoms with E-state index in [-0.39, 0.29) is 32.3 Å². The smallest absolute Gasteiger partial charge is 0.147 e. The van der Waals surface area contributed by atoms with E-state index >= 15 is 0 Å². The van der Waals surface area contributed by atoms with Gasteiger partial charge in [-0.1, -0.05) is 5.92 Å². The highest BCUT2D eigenvalue weighted by atomic mass is 79.9. The zero-order valence-electron chi connectivity index (χ0n) is 16.8. The van der Waals surface area contributed by atoms with Gasteiger partial charge >= 0.3 is 0 Å². The predicted octanol–water partition coefficient (Wildman–Crippen LogP) is 5.70. The first-order valence-corrected chi connectivity index (χ1v) is 13.1. The monoisotopic (exact) mass is 716 g/mol. The molecular formula is C22H21Br4ClO5. The van der Waals surface area contributed by atoms with Crippen LogP contribution in [-0.2, 0) is 11.2 Å². The van der Waals surface area contributed by atoms with Crippen LogP contribution in [0.15, 0.2) is 42.2 Å². The Hall–Kier alpha value is -0.310. The Bertz CT molecular complexity index is 904. The van der Waals surface area contributed by atoms with Crippen LogP contribution in [0.5, 0.6) is 11.5 Å². The fourth-order valence-electron chi connectivity index (χ4n) is 2.65. The molecule has 0 saturated heterocycles. The molecular weight excluding hydrogens is 699 g/mol. The summed E-state index contributed by atoms with van der Waals surface area (Å²) in [5.41, 5.74) is 2.08. The van der Waals surface area contributed by atoms with Crippen LogP contribution in [0.1, 0.15) is 11.1 Å². The van der Waals surface area contributed by atoms with Gasteiger partial charge in [-0.2, -0.15) is 0 Å². The summed E-state index contributed by atoms with van der Waals surface area (Å²) in [4.78, 5) is 0. The van der Waals surface area contributed by atoms with E-state index in [4.69, 9.17) is 32.2 Å². The molecule has 10 heteroatoms. The van der Waals surface area contributed by atoms with Crippen LogP contribution in [0, 0.1) is 12.3 Å². The number of hydrogen-bond acceptors (Lipinski definition) is 5. The molecule has 0 amide bonds. The van der Waals surface area contributed by atoms with E-state index in [1.165, 1.54) is 0 Å².